The van der Waals surface area contributed by atoms with Gasteiger partial charge in [-0.2, -0.15) is 0 Å². The van der Waals surface area contributed by atoms with Gasteiger partial charge in [-0.1, -0.05) is 84.9 Å². The van der Waals surface area contributed by atoms with E-state index in [-0.39, 0.29) is 0 Å². The van der Waals surface area contributed by atoms with E-state index < -0.39 is 6.10 Å². The summed E-state index contributed by atoms with van der Waals surface area (Å²) in [5.74, 6) is 0. The molecule has 3 aromatic heterocycles. The third-order valence-corrected chi connectivity index (χ3v) is 8.81. The molecule has 0 fully saturated rings. The van der Waals surface area contributed by atoms with E-state index in [1.807, 2.05) is 40.9 Å². The Morgan fingerprint density at radius 1 is 0.651 bits per heavy atom. The van der Waals surface area contributed by atoms with Gasteiger partial charge in [0.25, 0.3) is 0 Å². The number of aromatic nitrogens is 2. The molecule has 4 nitrogen and oxygen atoms in total. The van der Waals surface area contributed by atoms with Crippen LogP contribution in [0.5, 0.6) is 0 Å². The second kappa shape index (κ2) is 9.28. The Kier molecular flexibility index (Phi) is 5.22. The third-order valence-electron chi connectivity index (χ3n) is 8.81. The number of aliphatic hydroxyl groups is 1. The lowest BCUT2D eigenvalue weighted by molar-refractivity contribution is 0.177. The lowest BCUT2D eigenvalue weighted by Gasteiger charge is -2.25. The zero-order valence-corrected chi connectivity index (χ0v) is 23.2. The predicted molar refractivity (Wildman–Crippen MR) is 173 cm³/mol. The van der Waals surface area contributed by atoms with E-state index in [2.05, 4.69) is 97.2 Å². The maximum Gasteiger partial charge on any atom is 0.141 e. The number of benzene rings is 5. The zero-order valence-electron chi connectivity index (χ0n) is 23.2. The van der Waals surface area contributed by atoms with E-state index in [1.165, 1.54) is 11.1 Å². The molecule has 1 unspecified atom stereocenters. The van der Waals surface area contributed by atoms with Crippen molar-refractivity contribution in [2.24, 2.45) is 0 Å². The molecular formula is C39H26N2O2. The Labute approximate surface area is 248 Å². The van der Waals surface area contributed by atoms with Crippen LogP contribution in [0, 0.1) is 0 Å². The summed E-state index contributed by atoms with van der Waals surface area (Å²) in [5, 5.41) is 13.4. The largest absolute Gasteiger partial charge is 0.456 e. The van der Waals surface area contributed by atoms with Crippen LogP contribution in [0.1, 0.15) is 17.2 Å². The first-order valence-electron chi connectivity index (χ1n) is 14.6. The first kappa shape index (κ1) is 24.2. The molecular weight excluding hydrogens is 528 g/mol. The molecule has 0 radical (unpaired) electrons. The molecule has 43 heavy (non-hydrogen) atoms. The Hall–Kier alpha value is -5.45. The molecule has 0 saturated heterocycles. The Morgan fingerprint density at radius 2 is 1.40 bits per heavy atom. The number of nitrogens with zero attached hydrogens (tertiary/aromatic N) is 2. The SMILES string of the molecule is OC1Cc2ccc(-c3ccccc3)cc2-c2ccc3c(oc4ccc(-c5ccc(-c6cn7ccccc7n6)cc5)cc43)c21. The fourth-order valence-electron chi connectivity index (χ4n) is 6.64. The maximum absolute atomic E-state index is 11.3. The minimum atomic E-state index is -0.624. The highest BCUT2D eigenvalue weighted by Gasteiger charge is 2.28. The van der Waals surface area contributed by atoms with Gasteiger partial charge in [-0.3, -0.25) is 0 Å². The fourth-order valence-corrected chi connectivity index (χ4v) is 6.64. The summed E-state index contributed by atoms with van der Waals surface area (Å²) in [6, 6.07) is 42.2. The van der Waals surface area contributed by atoms with Gasteiger partial charge in [0.1, 0.15) is 16.8 Å². The summed E-state index contributed by atoms with van der Waals surface area (Å²) in [5.41, 5.74) is 13.4. The molecule has 1 N–H and O–H groups in total. The molecule has 0 amide bonds. The first-order chi connectivity index (χ1) is 21.2. The highest BCUT2D eigenvalue weighted by atomic mass is 16.3. The normalized spacial score (nSPS) is 14.3. The van der Waals surface area contributed by atoms with Crippen LogP contribution in [0.3, 0.4) is 0 Å². The second-order valence-corrected chi connectivity index (χ2v) is 11.3. The van der Waals surface area contributed by atoms with Crippen molar-refractivity contribution in [3.8, 4) is 44.6 Å². The number of fused-ring (bicyclic) bond motifs is 8. The van der Waals surface area contributed by atoms with Crippen molar-refractivity contribution in [2.75, 3.05) is 0 Å². The van der Waals surface area contributed by atoms with E-state index in [0.29, 0.717) is 6.42 Å². The second-order valence-electron chi connectivity index (χ2n) is 11.3. The van der Waals surface area contributed by atoms with Gasteiger partial charge in [0.05, 0.1) is 11.8 Å². The minimum absolute atomic E-state index is 0.567. The van der Waals surface area contributed by atoms with E-state index in [1.54, 1.807) is 0 Å². The van der Waals surface area contributed by atoms with Crippen LogP contribution in [0.15, 0.2) is 138 Å². The van der Waals surface area contributed by atoms with Crippen LogP contribution >= 0.6 is 0 Å². The van der Waals surface area contributed by atoms with Crippen molar-refractivity contribution in [2.45, 2.75) is 12.5 Å². The Morgan fingerprint density at radius 3 is 2.26 bits per heavy atom. The van der Waals surface area contributed by atoms with E-state index in [9.17, 15) is 5.11 Å². The van der Waals surface area contributed by atoms with Crippen molar-refractivity contribution in [1.29, 1.82) is 0 Å². The van der Waals surface area contributed by atoms with Gasteiger partial charge in [-0.25, -0.2) is 4.98 Å². The molecule has 1 aliphatic carbocycles. The lowest BCUT2D eigenvalue weighted by atomic mass is 9.81. The molecule has 1 aliphatic rings. The molecule has 0 saturated carbocycles. The average molecular weight is 555 g/mol. The Balaban J connectivity index is 1.12. The summed E-state index contributed by atoms with van der Waals surface area (Å²) in [7, 11) is 0. The zero-order chi connectivity index (χ0) is 28.5. The monoisotopic (exact) mass is 554 g/mol. The number of hydrogen-bond donors (Lipinski definition) is 1. The van der Waals surface area contributed by atoms with Crippen LogP contribution in [-0.4, -0.2) is 14.5 Å². The van der Waals surface area contributed by atoms with E-state index >= 15 is 0 Å². The first-order valence-corrected chi connectivity index (χ1v) is 14.6. The number of furan rings is 1. The van der Waals surface area contributed by atoms with Crippen molar-refractivity contribution in [3.63, 3.8) is 0 Å². The summed E-state index contributed by atoms with van der Waals surface area (Å²) >= 11 is 0. The molecule has 0 spiro atoms. The maximum atomic E-state index is 11.3. The molecule has 4 heteroatoms. The molecule has 8 aromatic rings. The van der Waals surface area contributed by atoms with Gasteiger partial charge in [0.2, 0.25) is 0 Å². The molecule has 3 heterocycles. The summed E-state index contributed by atoms with van der Waals surface area (Å²) in [6.07, 6.45) is 4.02. The summed E-state index contributed by atoms with van der Waals surface area (Å²) in [4.78, 5) is 4.76. The average Bonchev–Trinajstić information content (AvgIpc) is 3.66. The van der Waals surface area contributed by atoms with Crippen molar-refractivity contribution >= 4 is 27.6 Å². The van der Waals surface area contributed by atoms with Crippen molar-refractivity contribution in [1.82, 2.24) is 9.38 Å². The minimum Gasteiger partial charge on any atom is -0.456 e. The van der Waals surface area contributed by atoms with Crippen LogP contribution in [0.2, 0.25) is 0 Å². The molecule has 1 atom stereocenters. The van der Waals surface area contributed by atoms with E-state index in [0.717, 1.165) is 72.2 Å². The van der Waals surface area contributed by atoms with Crippen LogP contribution in [0.4, 0.5) is 0 Å². The topological polar surface area (TPSA) is 50.7 Å². The number of rotatable bonds is 3. The standard InChI is InChI=1S/C39H26N2O2/c42-35-22-29-14-13-27(24-6-2-1-3-7-24)20-32(29)30-16-17-31-33-21-28(15-18-36(33)43-39(31)38(30)35)25-9-11-26(12-10-25)34-23-41-19-5-4-8-37(41)40-34/h1-21,23,35,42H,22H2. The highest BCUT2D eigenvalue weighted by Crippen LogP contribution is 2.46. The van der Waals surface area contributed by atoms with Crippen LogP contribution in [-0.2, 0) is 6.42 Å². The molecule has 5 aromatic carbocycles. The van der Waals surface area contributed by atoms with Gasteiger partial charge < -0.3 is 13.9 Å². The van der Waals surface area contributed by atoms with Gasteiger partial charge in [-0.15, -0.1) is 0 Å². The highest BCUT2D eigenvalue weighted by molar-refractivity contribution is 6.09. The number of hydrogen-bond acceptors (Lipinski definition) is 3. The molecule has 204 valence electrons. The predicted octanol–water partition coefficient (Wildman–Crippen LogP) is 9.49. The van der Waals surface area contributed by atoms with Gasteiger partial charge in [0.15, 0.2) is 0 Å². The van der Waals surface area contributed by atoms with Crippen molar-refractivity contribution in [3.05, 3.63) is 145 Å². The molecule has 0 aliphatic heterocycles. The Bertz CT molecular complexity index is 2300. The third kappa shape index (κ3) is 3.84. The molecule has 9 rings (SSSR count). The van der Waals surface area contributed by atoms with Crippen molar-refractivity contribution < 1.29 is 9.52 Å². The van der Waals surface area contributed by atoms with Gasteiger partial charge in [-0.05, 0) is 75.3 Å². The van der Waals surface area contributed by atoms with E-state index in [4.69, 9.17) is 9.40 Å². The number of pyridine rings is 1. The van der Waals surface area contributed by atoms with Crippen LogP contribution in [0.25, 0.3) is 72.2 Å². The fraction of sp³-hybridized carbons (Fsp3) is 0.0513. The summed E-state index contributed by atoms with van der Waals surface area (Å²) < 4.78 is 8.52. The number of aliphatic hydroxyl groups excluding tert-OH is 1. The quantitative estimate of drug-likeness (QED) is 0.237. The number of imidazole rings is 1. The lowest BCUT2D eigenvalue weighted by Crippen LogP contribution is -2.11. The van der Waals surface area contributed by atoms with Crippen LogP contribution < -0.4 is 0 Å². The summed E-state index contributed by atoms with van der Waals surface area (Å²) in [6.45, 7) is 0. The van der Waals surface area contributed by atoms with Gasteiger partial charge in [0, 0.05) is 40.7 Å². The van der Waals surface area contributed by atoms with Gasteiger partial charge >= 0.3 is 0 Å². The smallest absolute Gasteiger partial charge is 0.141 e. The molecule has 0 bridgehead atoms.